The fourth-order valence-electron chi connectivity index (χ4n) is 2.76. The second kappa shape index (κ2) is 13.5. The summed E-state index contributed by atoms with van der Waals surface area (Å²) in [6.07, 6.45) is 0. The van der Waals surface area contributed by atoms with Crippen molar-refractivity contribution < 1.29 is 0 Å². The smallest absolute Gasteiger partial charge is 0.129 e. The van der Waals surface area contributed by atoms with Crippen LogP contribution in [0.5, 0.6) is 0 Å². The van der Waals surface area contributed by atoms with Gasteiger partial charge in [-0.2, -0.15) is 0 Å². The molecule has 3 aromatic heterocycles. The summed E-state index contributed by atoms with van der Waals surface area (Å²) in [4.78, 5) is 24.7. The van der Waals surface area contributed by atoms with Crippen LogP contribution in [0, 0.1) is 69.2 Å². The van der Waals surface area contributed by atoms with E-state index in [1.807, 2.05) is 76.2 Å². The molecule has 30 heavy (non-hydrogen) atoms. The van der Waals surface area contributed by atoms with Gasteiger partial charge in [-0.25, -0.2) is 24.9 Å². The molecule has 0 saturated carbocycles. The summed E-state index contributed by atoms with van der Waals surface area (Å²) in [6, 6.07) is 4.15. The fourth-order valence-corrected chi connectivity index (χ4v) is 2.76. The molecule has 3 heterocycles. The van der Waals surface area contributed by atoms with E-state index in [2.05, 4.69) is 49.0 Å². The Balaban J connectivity index is 0.000000404. The van der Waals surface area contributed by atoms with Gasteiger partial charge in [0.1, 0.15) is 23.3 Å². The van der Waals surface area contributed by atoms with Gasteiger partial charge in [0.2, 0.25) is 0 Å². The predicted molar refractivity (Wildman–Crippen MR) is 125 cm³/mol. The third kappa shape index (κ3) is 10.7. The first-order chi connectivity index (χ1) is 14.0. The topological polar surface area (TPSA) is 77.3 Å². The van der Waals surface area contributed by atoms with Gasteiger partial charge in [0.05, 0.1) is 0 Å². The molecule has 6 heteroatoms. The Kier molecular flexibility index (Phi) is 12.2. The van der Waals surface area contributed by atoms with E-state index in [1.54, 1.807) is 0 Å². The molecule has 0 aliphatic rings. The molecule has 0 aliphatic carbocycles. The molecule has 0 unspecified atom stereocenters. The van der Waals surface area contributed by atoms with Crippen molar-refractivity contribution in [2.45, 2.75) is 83.1 Å². The van der Waals surface area contributed by atoms with Crippen LogP contribution in [-0.4, -0.2) is 29.9 Å². The maximum Gasteiger partial charge on any atom is 0.129 e. The predicted octanol–water partition coefficient (Wildman–Crippen LogP) is 5.54. The molecule has 0 spiro atoms. The minimum absolute atomic E-state index is 0.792. The highest BCUT2D eigenvalue weighted by molar-refractivity contribution is 5.21. The van der Waals surface area contributed by atoms with Crippen LogP contribution in [0.15, 0.2) is 12.1 Å². The van der Waals surface area contributed by atoms with E-state index in [0.29, 0.717) is 0 Å². The molecule has 0 aliphatic heterocycles. The number of nitrogens with zero attached hydrogens (tertiary/aromatic N) is 6. The first-order valence-corrected chi connectivity index (χ1v) is 10.3. The van der Waals surface area contributed by atoms with Gasteiger partial charge >= 0.3 is 0 Å². The number of pyridine rings is 1. The van der Waals surface area contributed by atoms with Crippen molar-refractivity contribution in [2.24, 2.45) is 0 Å². The summed E-state index contributed by atoms with van der Waals surface area (Å²) < 4.78 is 0. The van der Waals surface area contributed by atoms with Crippen LogP contribution in [-0.2, 0) is 0 Å². The molecule has 0 bridgehead atoms. The summed E-state index contributed by atoms with van der Waals surface area (Å²) >= 11 is 0. The van der Waals surface area contributed by atoms with Crippen molar-refractivity contribution in [3.8, 4) is 0 Å². The van der Waals surface area contributed by atoms with Crippen LogP contribution in [0.2, 0.25) is 0 Å². The second-order valence-electron chi connectivity index (χ2n) is 6.97. The van der Waals surface area contributed by atoms with Gasteiger partial charge in [-0.3, -0.25) is 4.98 Å². The van der Waals surface area contributed by atoms with E-state index in [9.17, 15) is 0 Å². The summed E-state index contributed by atoms with van der Waals surface area (Å²) in [5, 5.41) is 0. The van der Waals surface area contributed by atoms with Gasteiger partial charge in [-0.15, -0.1) is 0 Å². The maximum atomic E-state index is 4.23. The van der Waals surface area contributed by atoms with Crippen molar-refractivity contribution in [2.75, 3.05) is 0 Å². The van der Waals surface area contributed by atoms with E-state index in [4.69, 9.17) is 0 Å². The lowest BCUT2D eigenvalue weighted by Crippen LogP contribution is -1.97. The number of aromatic nitrogens is 6. The standard InChI is InChI=1S/C8H12N2.C8H11N.C6H9N3.C2H6/c1-5-6(2)9-8(4)10-7(5)3;1-6-4-7(2)9-8(3)5-6;1-4-7-5(2)9-6(3)8-4;1-2/h1-4H3;4-5H,1-3H3;1-3H3;1-2H3. The molecule has 0 atom stereocenters. The van der Waals surface area contributed by atoms with Crippen LogP contribution < -0.4 is 0 Å². The van der Waals surface area contributed by atoms with Crippen LogP contribution in [0.4, 0.5) is 0 Å². The highest BCUT2D eigenvalue weighted by Crippen LogP contribution is 2.06. The normalized spacial score (nSPS) is 9.33. The number of hydrogen-bond acceptors (Lipinski definition) is 6. The molecular formula is C24H38N6. The van der Waals surface area contributed by atoms with E-state index in [1.165, 1.54) is 11.1 Å². The zero-order valence-electron chi connectivity index (χ0n) is 20.8. The molecular weight excluding hydrogens is 372 g/mol. The van der Waals surface area contributed by atoms with Crippen LogP contribution >= 0.6 is 0 Å². The van der Waals surface area contributed by atoms with Crippen molar-refractivity contribution in [1.82, 2.24) is 29.9 Å². The van der Waals surface area contributed by atoms with Crippen LogP contribution in [0.3, 0.4) is 0 Å². The first kappa shape index (κ1) is 27.2. The zero-order chi connectivity index (χ0) is 23.4. The van der Waals surface area contributed by atoms with Gasteiger partial charge in [-0.05, 0) is 92.5 Å². The van der Waals surface area contributed by atoms with Crippen molar-refractivity contribution in [3.05, 3.63) is 69.3 Å². The Labute approximate surface area is 182 Å². The van der Waals surface area contributed by atoms with Crippen molar-refractivity contribution in [1.29, 1.82) is 0 Å². The second-order valence-corrected chi connectivity index (χ2v) is 6.97. The van der Waals surface area contributed by atoms with Crippen molar-refractivity contribution >= 4 is 0 Å². The average molecular weight is 411 g/mol. The highest BCUT2D eigenvalue weighted by Gasteiger charge is 1.99. The average Bonchev–Trinajstić information content (AvgIpc) is 2.60. The molecule has 164 valence electrons. The van der Waals surface area contributed by atoms with E-state index in [0.717, 1.165) is 46.1 Å². The number of hydrogen-bond donors (Lipinski definition) is 0. The third-order valence-electron chi connectivity index (χ3n) is 3.94. The molecule has 6 nitrogen and oxygen atoms in total. The van der Waals surface area contributed by atoms with Gasteiger partial charge in [-0.1, -0.05) is 13.8 Å². The SMILES string of the molecule is CC.Cc1cc(C)nc(C)c1.Cc1nc(C)c(C)c(C)n1.Cc1nc(C)nc(C)n1. The Morgan fingerprint density at radius 1 is 0.433 bits per heavy atom. The van der Waals surface area contributed by atoms with Gasteiger partial charge in [0.15, 0.2) is 0 Å². The summed E-state index contributed by atoms with van der Waals surface area (Å²) in [7, 11) is 0. The minimum atomic E-state index is 0.792. The zero-order valence-corrected chi connectivity index (χ0v) is 20.8. The van der Waals surface area contributed by atoms with Gasteiger partial charge in [0, 0.05) is 22.8 Å². The molecule has 3 rings (SSSR count). The highest BCUT2D eigenvalue weighted by atomic mass is 15.0. The van der Waals surface area contributed by atoms with Gasteiger partial charge in [0.25, 0.3) is 0 Å². The molecule has 0 amide bonds. The van der Waals surface area contributed by atoms with E-state index >= 15 is 0 Å². The lowest BCUT2D eigenvalue weighted by molar-refractivity contribution is 0.875. The minimum Gasteiger partial charge on any atom is -0.258 e. The summed E-state index contributed by atoms with van der Waals surface area (Å²) in [6.45, 7) is 23.7. The molecule has 0 radical (unpaired) electrons. The maximum absolute atomic E-state index is 4.23. The molecule has 0 saturated heterocycles. The van der Waals surface area contributed by atoms with Crippen molar-refractivity contribution in [3.63, 3.8) is 0 Å². The van der Waals surface area contributed by atoms with Crippen LogP contribution in [0.1, 0.15) is 71.0 Å². The lowest BCUT2D eigenvalue weighted by atomic mass is 10.2. The van der Waals surface area contributed by atoms with Crippen LogP contribution in [0.25, 0.3) is 0 Å². The Hall–Kier alpha value is -2.76. The largest absolute Gasteiger partial charge is 0.258 e. The number of aryl methyl sites for hydroxylation is 9. The molecule has 0 N–H and O–H groups in total. The third-order valence-corrected chi connectivity index (χ3v) is 3.94. The van der Waals surface area contributed by atoms with Gasteiger partial charge < -0.3 is 0 Å². The Bertz CT molecular complexity index is 762. The quantitative estimate of drug-likeness (QED) is 0.484. The number of rotatable bonds is 0. The Morgan fingerprint density at radius 2 is 0.733 bits per heavy atom. The summed E-state index contributed by atoms with van der Waals surface area (Å²) in [5.41, 5.74) is 6.88. The lowest BCUT2D eigenvalue weighted by Gasteiger charge is -2.02. The van der Waals surface area contributed by atoms with E-state index in [-0.39, 0.29) is 0 Å². The van der Waals surface area contributed by atoms with E-state index < -0.39 is 0 Å². The molecule has 0 aromatic carbocycles. The fraction of sp³-hybridized carbons (Fsp3) is 0.500. The monoisotopic (exact) mass is 410 g/mol. The Morgan fingerprint density at radius 3 is 1.03 bits per heavy atom. The summed E-state index contributed by atoms with van der Waals surface area (Å²) in [5.74, 6) is 3.24. The molecule has 3 aromatic rings. The first-order valence-electron chi connectivity index (χ1n) is 10.3. The molecule has 0 fully saturated rings.